The first-order chi connectivity index (χ1) is 10.6. The molecule has 122 valence electrons. The summed E-state index contributed by atoms with van der Waals surface area (Å²) < 4.78 is 9.91. The molecule has 2 N–H and O–H groups in total. The molecule has 1 aromatic rings. The number of aromatic hydroxyl groups is 1. The van der Waals surface area contributed by atoms with Crippen molar-refractivity contribution in [2.24, 2.45) is 0 Å². The molecule has 1 aliphatic heterocycles. The van der Waals surface area contributed by atoms with Gasteiger partial charge in [-0.2, -0.15) is 0 Å². The molecule has 23 heavy (non-hydrogen) atoms. The Labute approximate surface area is 132 Å². The molecule has 1 saturated heterocycles. The fraction of sp³-hybridized carbons (Fsp3) is 0.312. The zero-order chi connectivity index (χ0) is 17.4. The van der Waals surface area contributed by atoms with Crippen LogP contribution in [-0.2, 0) is 19.1 Å². The summed E-state index contributed by atoms with van der Waals surface area (Å²) in [6.45, 7) is 5.96. The van der Waals surface area contributed by atoms with Crippen LogP contribution < -0.4 is 5.32 Å². The van der Waals surface area contributed by atoms with E-state index in [4.69, 9.17) is 9.47 Å². The van der Waals surface area contributed by atoms with Crippen LogP contribution in [0, 0.1) is 6.92 Å². The van der Waals surface area contributed by atoms with Crippen molar-refractivity contribution in [2.45, 2.75) is 33.5 Å². The first kappa shape index (κ1) is 16.5. The van der Waals surface area contributed by atoms with Gasteiger partial charge in [0.1, 0.15) is 5.75 Å². The number of benzene rings is 1. The van der Waals surface area contributed by atoms with Crippen molar-refractivity contribution in [3.8, 4) is 5.75 Å². The third kappa shape index (κ3) is 3.50. The lowest BCUT2D eigenvalue weighted by Gasteiger charge is -2.29. The Morgan fingerprint density at radius 2 is 1.78 bits per heavy atom. The number of carbonyl (C=O) groups is 3. The number of esters is 2. The first-order valence-electron chi connectivity index (χ1n) is 6.88. The van der Waals surface area contributed by atoms with Crippen LogP contribution in [0.5, 0.6) is 5.75 Å². The van der Waals surface area contributed by atoms with E-state index in [-0.39, 0.29) is 28.4 Å². The number of carbonyl (C=O) groups excluding carboxylic acids is 3. The Balaban J connectivity index is 2.32. The van der Waals surface area contributed by atoms with Gasteiger partial charge in [0.2, 0.25) is 0 Å². The second-order valence-electron chi connectivity index (χ2n) is 5.65. The van der Waals surface area contributed by atoms with Crippen molar-refractivity contribution in [3.05, 3.63) is 35.0 Å². The van der Waals surface area contributed by atoms with E-state index in [1.54, 1.807) is 19.1 Å². The van der Waals surface area contributed by atoms with Gasteiger partial charge in [0.05, 0.1) is 11.3 Å². The number of ether oxygens (including phenoxy) is 2. The van der Waals surface area contributed by atoms with E-state index in [0.29, 0.717) is 0 Å². The maximum atomic E-state index is 11.8. The van der Waals surface area contributed by atoms with E-state index >= 15 is 0 Å². The third-order valence-corrected chi connectivity index (χ3v) is 3.12. The average Bonchev–Trinajstić information content (AvgIpc) is 2.39. The predicted octanol–water partition coefficient (Wildman–Crippen LogP) is 2.04. The monoisotopic (exact) mass is 319 g/mol. The van der Waals surface area contributed by atoms with Crippen LogP contribution in [0.2, 0.25) is 0 Å². The van der Waals surface area contributed by atoms with Crippen LogP contribution in [0.15, 0.2) is 23.9 Å². The fourth-order valence-corrected chi connectivity index (χ4v) is 2.09. The number of rotatable bonds is 3. The standard InChI is InChI=1S/C16H17NO6/c1-8-5-10(9(2)18)13(19)12(6-8)17-7-11-14(20)22-16(3,4)23-15(11)21/h5-7,17,19H,1-4H3. The highest BCUT2D eigenvalue weighted by Crippen LogP contribution is 2.30. The van der Waals surface area contributed by atoms with Gasteiger partial charge in [-0.15, -0.1) is 0 Å². The molecule has 0 aliphatic carbocycles. The molecule has 0 unspecified atom stereocenters. The number of phenolic OH excluding ortho intramolecular Hbond substituents is 1. The van der Waals surface area contributed by atoms with Gasteiger partial charge in [0.25, 0.3) is 5.79 Å². The number of nitrogens with one attached hydrogen (secondary N) is 1. The van der Waals surface area contributed by atoms with Gasteiger partial charge in [0, 0.05) is 20.0 Å². The first-order valence-corrected chi connectivity index (χ1v) is 6.88. The second-order valence-corrected chi connectivity index (χ2v) is 5.65. The minimum atomic E-state index is -1.32. The summed E-state index contributed by atoms with van der Waals surface area (Å²) in [7, 11) is 0. The van der Waals surface area contributed by atoms with Crippen molar-refractivity contribution >= 4 is 23.4 Å². The lowest BCUT2D eigenvalue weighted by molar-refractivity contribution is -0.222. The molecular weight excluding hydrogens is 302 g/mol. The van der Waals surface area contributed by atoms with Gasteiger partial charge in [-0.3, -0.25) is 4.79 Å². The number of aryl methyl sites for hydroxylation is 1. The van der Waals surface area contributed by atoms with E-state index in [0.717, 1.165) is 11.8 Å². The van der Waals surface area contributed by atoms with Crippen molar-refractivity contribution in [1.29, 1.82) is 0 Å². The van der Waals surface area contributed by atoms with Gasteiger partial charge in [-0.25, -0.2) is 9.59 Å². The summed E-state index contributed by atoms with van der Waals surface area (Å²) in [6.07, 6.45) is 1.08. The summed E-state index contributed by atoms with van der Waals surface area (Å²) in [5, 5.41) is 12.7. The molecule has 1 aromatic carbocycles. The van der Waals surface area contributed by atoms with Crippen LogP contribution in [0.3, 0.4) is 0 Å². The molecule has 0 spiro atoms. The molecule has 1 fully saturated rings. The molecule has 7 nitrogen and oxygen atoms in total. The molecule has 2 rings (SSSR count). The highest BCUT2D eigenvalue weighted by atomic mass is 16.7. The Kier molecular flexibility index (Phi) is 4.14. The van der Waals surface area contributed by atoms with Crippen LogP contribution in [0.4, 0.5) is 5.69 Å². The summed E-state index contributed by atoms with van der Waals surface area (Å²) in [5.41, 5.74) is 0.715. The predicted molar refractivity (Wildman–Crippen MR) is 80.8 cm³/mol. The van der Waals surface area contributed by atoms with Crippen molar-refractivity contribution in [3.63, 3.8) is 0 Å². The third-order valence-electron chi connectivity index (χ3n) is 3.12. The van der Waals surface area contributed by atoms with Crippen molar-refractivity contribution in [1.82, 2.24) is 0 Å². The van der Waals surface area contributed by atoms with Crippen molar-refractivity contribution < 1.29 is 29.0 Å². The Morgan fingerprint density at radius 3 is 2.30 bits per heavy atom. The van der Waals surface area contributed by atoms with Crippen LogP contribution in [-0.4, -0.2) is 28.6 Å². The Bertz CT molecular complexity index is 710. The summed E-state index contributed by atoms with van der Waals surface area (Å²) >= 11 is 0. The number of anilines is 1. The van der Waals surface area contributed by atoms with E-state index in [2.05, 4.69) is 5.32 Å². The number of cyclic esters (lactones) is 2. The normalized spacial score (nSPS) is 16.4. The Morgan fingerprint density at radius 1 is 1.22 bits per heavy atom. The topological polar surface area (TPSA) is 102 Å². The lowest BCUT2D eigenvalue weighted by Crippen LogP contribution is -2.42. The van der Waals surface area contributed by atoms with E-state index in [9.17, 15) is 19.5 Å². The van der Waals surface area contributed by atoms with Crippen LogP contribution >= 0.6 is 0 Å². The highest BCUT2D eigenvalue weighted by Gasteiger charge is 2.39. The molecule has 1 heterocycles. The van der Waals surface area contributed by atoms with E-state index in [1.165, 1.54) is 20.8 Å². The molecule has 7 heteroatoms. The van der Waals surface area contributed by atoms with Gasteiger partial charge >= 0.3 is 11.9 Å². The SMILES string of the molecule is CC(=O)c1cc(C)cc(NC=C2C(=O)OC(C)(C)OC2=O)c1O. The molecule has 0 amide bonds. The van der Waals surface area contributed by atoms with E-state index in [1.807, 2.05) is 0 Å². The molecule has 0 saturated carbocycles. The van der Waals surface area contributed by atoms with Gasteiger partial charge < -0.3 is 19.9 Å². The van der Waals surface area contributed by atoms with Crippen LogP contribution in [0.25, 0.3) is 0 Å². The number of ketones is 1. The molecule has 0 atom stereocenters. The van der Waals surface area contributed by atoms with Crippen LogP contribution in [0.1, 0.15) is 36.7 Å². The highest BCUT2D eigenvalue weighted by molar-refractivity contribution is 6.15. The summed E-state index contributed by atoms with van der Waals surface area (Å²) in [4.78, 5) is 35.1. The molecule has 0 bridgehead atoms. The number of hydrogen-bond acceptors (Lipinski definition) is 7. The average molecular weight is 319 g/mol. The smallest absolute Gasteiger partial charge is 0.350 e. The van der Waals surface area contributed by atoms with Gasteiger partial charge in [-0.1, -0.05) is 0 Å². The van der Waals surface area contributed by atoms with Crippen molar-refractivity contribution in [2.75, 3.05) is 5.32 Å². The Hall–Kier alpha value is -2.83. The van der Waals surface area contributed by atoms with Gasteiger partial charge in [-0.05, 0) is 31.5 Å². The fourth-order valence-electron chi connectivity index (χ4n) is 2.09. The number of phenols is 1. The minimum absolute atomic E-state index is 0.140. The quantitative estimate of drug-likeness (QED) is 0.289. The second kappa shape index (κ2) is 5.75. The van der Waals surface area contributed by atoms with Gasteiger partial charge in [0.15, 0.2) is 11.4 Å². The zero-order valence-corrected chi connectivity index (χ0v) is 13.2. The number of Topliss-reactive ketones (excluding diaryl/α,β-unsaturated/α-hetero) is 1. The maximum absolute atomic E-state index is 11.8. The molecule has 1 aliphatic rings. The summed E-state index contributed by atoms with van der Waals surface area (Å²) in [5.74, 6) is -3.56. The maximum Gasteiger partial charge on any atom is 0.350 e. The lowest BCUT2D eigenvalue weighted by atomic mass is 10.1. The zero-order valence-electron chi connectivity index (χ0n) is 13.2. The molecule has 0 radical (unpaired) electrons. The van der Waals surface area contributed by atoms with E-state index < -0.39 is 17.7 Å². The summed E-state index contributed by atoms with van der Waals surface area (Å²) in [6, 6.07) is 3.11. The number of hydrogen-bond donors (Lipinski definition) is 2. The molecule has 0 aromatic heterocycles. The largest absolute Gasteiger partial charge is 0.505 e. The minimum Gasteiger partial charge on any atom is -0.505 e. The molecular formula is C16H17NO6.